The topological polar surface area (TPSA) is 62.6 Å². The van der Waals surface area contributed by atoms with Crippen molar-refractivity contribution in [1.82, 2.24) is 9.62 Å². The maximum atomic E-state index is 12.7. The van der Waals surface area contributed by atoms with E-state index in [1.54, 1.807) is 10.4 Å². The summed E-state index contributed by atoms with van der Waals surface area (Å²) in [5.74, 6) is 1.40. The Morgan fingerprint density at radius 1 is 1.38 bits per heavy atom. The SMILES string of the molecule is CCCNCc1cc(S(=O)(=O)N2CC(C)C(C)C2)c(Br)o1. The molecule has 1 N–H and O–H groups in total. The van der Waals surface area contributed by atoms with Gasteiger partial charge in [0.05, 0.1) is 6.54 Å². The van der Waals surface area contributed by atoms with Crippen molar-refractivity contribution in [1.29, 1.82) is 0 Å². The molecule has 1 aromatic rings. The van der Waals surface area contributed by atoms with Crippen molar-refractivity contribution in [3.8, 4) is 0 Å². The highest BCUT2D eigenvalue weighted by molar-refractivity contribution is 9.10. The van der Waals surface area contributed by atoms with Gasteiger partial charge in [-0.25, -0.2) is 8.42 Å². The number of rotatable bonds is 6. The summed E-state index contributed by atoms with van der Waals surface area (Å²) in [5.41, 5.74) is 0. The van der Waals surface area contributed by atoms with Crippen molar-refractivity contribution in [3.63, 3.8) is 0 Å². The third-order valence-corrected chi connectivity index (χ3v) is 6.69. The Bertz CT molecular complexity index is 575. The molecular weight excluding hydrogens is 356 g/mol. The van der Waals surface area contributed by atoms with E-state index in [1.165, 1.54) is 0 Å². The van der Waals surface area contributed by atoms with E-state index in [4.69, 9.17) is 4.42 Å². The van der Waals surface area contributed by atoms with E-state index >= 15 is 0 Å². The molecular formula is C14H23BrN2O3S. The van der Waals surface area contributed by atoms with Crippen molar-refractivity contribution >= 4 is 26.0 Å². The van der Waals surface area contributed by atoms with Gasteiger partial charge in [0.2, 0.25) is 10.0 Å². The molecule has 7 heteroatoms. The average molecular weight is 379 g/mol. The summed E-state index contributed by atoms with van der Waals surface area (Å²) in [6.07, 6.45) is 1.02. The Morgan fingerprint density at radius 3 is 2.57 bits per heavy atom. The maximum Gasteiger partial charge on any atom is 0.247 e. The Labute approximate surface area is 135 Å². The van der Waals surface area contributed by atoms with E-state index in [0.717, 1.165) is 13.0 Å². The maximum absolute atomic E-state index is 12.7. The van der Waals surface area contributed by atoms with Crippen LogP contribution in [0.3, 0.4) is 0 Å². The fourth-order valence-corrected chi connectivity index (χ4v) is 5.06. The van der Waals surface area contributed by atoms with Gasteiger partial charge in [-0.1, -0.05) is 20.8 Å². The van der Waals surface area contributed by atoms with E-state index in [9.17, 15) is 8.42 Å². The first-order valence-corrected chi connectivity index (χ1v) is 9.58. The Kier molecular flexibility index (Phi) is 5.51. The Morgan fingerprint density at radius 2 is 2.00 bits per heavy atom. The van der Waals surface area contributed by atoms with Crippen LogP contribution in [0.2, 0.25) is 0 Å². The number of hydrogen-bond donors (Lipinski definition) is 1. The van der Waals surface area contributed by atoms with Gasteiger partial charge in [-0.2, -0.15) is 4.31 Å². The zero-order valence-corrected chi connectivity index (χ0v) is 15.1. The molecule has 1 aliphatic rings. The predicted molar refractivity (Wildman–Crippen MR) is 85.5 cm³/mol. The van der Waals surface area contributed by atoms with Crippen LogP contribution in [0.4, 0.5) is 0 Å². The van der Waals surface area contributed by atoms with Crippen molar-refractivity contribution in [3.05, 3.63) is 16.5 Å². The molecule has 0 aliphatic carbocycles. The number of halogens is 1. The molecule has 21 heavy (non-hydrogen) atoms. The molecule has 2 rings (SSSR count). The van der Waals surface area contributed by atoms with Gasteiger partial charge in [-0.3, -0.25) is 0 Å². The first-order valence-electron chi connectivity index (χ1n) is 7.35. The number of nitrogens with zero attached hydrogens (tertiary/aromatic N) is 1. The molecule has 0 aromatic carbocycles. The number of nitrogens with one attached hydrogen (secondary N) is 1. The van der Waals surface area contributed by atoms with Crippen molar-refractivity contribution < 1.29 is 12.8 Å². The molecule has 1 aliphatic heterocycles. The zero-order chi connectivity index (χ0) is 15.6. The molecule has 5 nitrogen and oxygen atoms in total. The van der Waals surface area contributed by atoms with Gasteiger partial charge in [0.25, 0.3) is 0 Å². The lowest BCUT2D eigenvalue weighted by Crippen LogP contribution is -2.29. The van der Waals surface area contributed by atoms with Crippen LogP contribution < -0.4 is 5.32 Å². The Hall–Kier alpha value is -0.370. The van der Waals surface area contributed by atoms with Crippen LogP contribution in [0.1, 0.15) is 33.0 Å². The minimum Gasteiger partial charge on any atom is -0.452 e. The second-order valence-corrected chi connectivity index (χ2v) is 8.43. The second kappa shape index (κ2) is 6.81. The Balaban J connectivity index is 2.17. The molecule has 1 aromatic heterocycles. The second-order valence-electron chi connectivity index (χ2n) is 5.80. The number of furan rings is 1. The van der Waals surface area contributed by atoms with E-state index < -0.39 is 10.0 Å². The molecule has 2 heterocycles. The molecule has 0 radical (unpaired) electrons. The predicted octanol–water partition coefficient (Wildman–Crippen LogP) is 2.82. The quantitative estimate of drug-likeness (QED) is 0.773. The van der Waals surface area contributed by atoms with E-state index in [0.29, 0.717) is 41.9 Å². The van der Waals surface area contributed by atoms with Gasteiger partial charge >= 0.3 is 0 Å². The fraction of sp³-hybridized carbons (Fsp3) is 0.714. The van der Waals surface area contributed by atoms with E-state index in [-0.39, 0.29) is 4.90 Å². The van der Waals surface area contributed by atoms with Crippen LogP contribution in [0.15, 0.2) is 20.0 Å². The minimum atomic E-state index is -3.48. The summed E-state index contributed by atoms with van der Waals surface area (Å²) in [7, 11) is -3.48. The highest BCUT2D eigenvalue weighted by Crippen LogP contribution is 2.33. The molecule has 0 amide bonds. The van der Waals surface area contributed by atoms with Crippen molar-refractivity contribution in [2.45, 2.75) is 38.6 Å². The molecule has 0 bridgehead atoms. The van der Waals surface area contributed by atoms with Crippen LogP contribution in [0.5, 0.6) is 0 Å². The highest BCUT2D eigenvalue weighted by atomic mass is 79.9. The molecule has 0 spiro atoms. The first-order chi connectivity index (χ1) is 9.86. The molecule has 0 saturated carbocycles. The lowest BCUT2D eigenvalue weighted by molar-refractivity contribution is 0.449. The third-order valence-electron chi connectivity index (χ3n) is 4.00. The smallest absolute Gasteiger partial charge is 0.247 e. The lowest BCUT2D eigenvalue weighted by Gasteiger charge is -2.14. The molecule has 120 valence electrons. The van der Waals surface area contributed by atoms with Gasteiger partial charge in [0, 0.05) is 19.2 Å². The summed E-state index contributed by atoms with van der Waals surface area (Å²) in [6.45, 7) is 8.82. The van der Waals surface area contributed by atoms with E-state index in [1.807, 2.05) is 0 Å². The highest BCUT2D eigenvalue weighted by Gasteiger charge is 2.37. The third kappa shape index (κ3) is 3.70. The molecule has 1 saturated heterocycles. The van der Waals surface area contributed by atoms with Gasteiger partial charge in [0.15, 0.2) is 4.67 Å². The standard InChI is InChI=1S/C14H23BrN2O3S/c1-4-5-16-7-12-6-13(14(15)20-12)21(18,19)17-8-10(2)11(3)9-17/h6,10-11,16H,4-5,7-9H2,1-3H3. The largest absolute Gasteiger partial charge is 0.452 e. The molecule has 2 atom stereocenters. The summed E-state index contributed by atoms with van der Waals surface area (Å²) < 4.78 is 32.8. The molecule has 2 unspecified atom stereocenters. The summed E-state index contributed by atoms with van der Waals surface area (Å²) in [4.78, 5) is 0.233. The van der Waals surface area contributed by atoms with Gasteiger partial charge in [0.1, 0.15) is 10.7 Å². The monoisotopic (exact) mass is 378 g/mol. The van der Waals surface area contributed by atoms with Crippen LogP contribution in [0.25, 0.3) is 0 Å². The first kappa shape index (κ1) is 17.0. The summed E-state index contributed by atoms with van der Waals surface area (Å²) in [6, 6.07) is 1.62. The number of sulfonamides is 1. The molecule has 1 fully saturated rings. The normalized spacial score (nSPS) is 23.8. The van der Waals surface area contributed by atoms with Gasteiger partial charge in [-0.05, 0) is 40.7 Å². The van der Waals surface area contributed by atoms with E-state index in [2.05, 4.69) is 42.0 Å². The zero-order valence-electron chi connectivity index (χ0n) is 12.7. The van der Waals surface area contributed by atoms with Gasteiger partial charge < -0.3 is 9.73 Å². The summed E-state index contributed by atoms with van der Waals surface area (Å²) in [5, 5.41) is 3.20. The number of hydrogen-bond acceptors (Lipinski definition) is 4. The van der Waals surface area contributed by atoms with Gasteiger partial charge in [-0.15, -0.1) is 0 Å². The minimum absolute atomic E-state index is 0.233. The fourth-order valence-electron chi connectivity index (χ4n) is 2.46. The van der Waals surface area contributed by atoms with Crippen LogP contribution in [-0.2, 0) is 16.6 Å². The summed E-state index contributed by atoms with van der Waals surface area (Å²) >= 11 is 3.24. The average Bonchev–Trinajstić information content (AvgIpc) is 2.95. The van der Waals surface area contributed by atoms with Crippen LogP contribution in [-0.4, -0.2) is 32.4 Å². The van der Waals surface area contributed by atoms with Crippen LogP contribution in [0, 0.1) is 11.8 Å². The van der Waals surface area contributed by atoms with Crippen LogP contribution >= 0.6 is 15.9 Å². The lowest BCUT2D eigenvalue weighted by atomic mass is 10.0. The van der Waals surface area contributed by atoms with Crippen molar-refractivity contribution in [2.24, 2.45) is 11.8 Å². The van der Waals surface area contributed by atoms with Crippen molar-refractivity contribution in [2.75, 3.05) is 19.6 Å².